The van der Waals surface area contributed by atoms with Crippen LogP contribution in [0, 0.1) is 0 Å². The highest BCUT2D eigenvalue weighted by atomic mass is 19.4. The number of hydrogen-bond acceptors (Lipinski definition) is 7. The monoisotopic (exact) mass is 464 g/mol. The quantitative estimate of drug-likeness (QED) is 0.566. The smallest absolute Gasteiger partial charge is 0.288 e. The Morgan fingerprint density at radius 2 is 1.50 bits per heavy atom. The van der Waals surface area contributed by atoms with Gasteiger partial charge in [0.15, 0.2) is 0 Å². The van der Waals surface area contributed by atoms with Gasteiger partial charge in [-0.3, -0.25) is 14.9 Å². The number of aryl methyl sites for hydroxylation is 2. The lowest BCUT2D eigenvalue weighted by Crippen LogP contribution is -2.44. The van der Waals surface area contributed by atoms with Crippen molar-refractivity contribution in [3.63, 3.8) is 0 Å². The number of rotatable bonds is 3. The second-order valence-corrected chi connectivity index (χ2v) is 6.24. The number of nitrogens with zero attached hydrogens (tertiary/aromatic N) is 7. The van der Waals surface area contributed by atoms with Crippen molar-refractivity contribution >= 4 is 11.9 Å². The maximum absolute atomic E-state index is 13.2. The normalized spacial score (nSPS) is 12.1. The van der Waals surface area contributed by atoms with Crippen LogP contribution >= 0.6 is 0 Å². The predicted octanol–water partition coefficient (Wildman–Crippen LogP) is 0.745. The van der Waals surface area contributed by atoms with E-state index in [2.05, 4.69) is 25.9 Å². The number of carbonyl (C=O) groups is 1. The van der Waals surface area contributed by atoms with E-state index >= 15 is 0 Å². The minimum atomic E-state index is -5.23. The Balaban J connectivity index is 2.25. The molecule has 0 spiro atoms. The lowest BCUT2D eigenvalue weighted by molar-refractivity contribution is -0.143. The molecule has 3 rings (SSSR count). The zero-order chi connectivity index (χ0) is 24.0. The topological polar surface area (TPSA) is 130 Å². The van der Waals surface area contributed by atoms with Crippen molar-refractivity contribution in [2.24, 2.45) is 14.1 Å². The molecule has 1 aromatic carbocycles. The van der Waals surface area contributed by atoms with Gasteiger partial charge in [-0.25, -0.2) is 18.7 Å². The van der Waals surface area contributed by atoms with Crippen LogP contribution in [0.1, 0.15) is 21.6 Å². The van der Waals surface area contributed by atoms with Gasteiger partial charge in [0.25, 0.3) is 11.5 Å². The fraction of sp³-hybridized carbons (Fsp3) is 0.267. The fourth-order valence-corrected chi connectivity index (χ4v) is 2.51. The van der Waals surface area contributed by atoms with Crippen molar-refractivity contribution in [1.82, 2.24) is 34.6 Å². The lowest BCUT2D eigenvalue weighted by atomic mass is 10.1. The first-order valence-electron chi connectivity index (χ1n) is 8.24. The number of halogens is 6. The highest BCUT2D eigenvalue weighted by molar-refractivity contribution is 6.01. The largest absolute Gasteiger partial charge is 0.416 e. The number of amides is 1. The van der Waals surface area contributed by atoms with E-state index in [-0.39, 0.29) is 28.7 Å². The Morgan fingerprint density at radius 3 is 1.97 bits per heavy atom. The van der Waals surface area contributed by atoms with Crippen LogP contribution in [0.2, 0.25) is 0 Å². The van der Waals surface area contributed by atoms with E-state index < -0.39 is 52.0 Å². The number of carbonyl (C=O) groups excluding carboxylic acids is 1. The summed E-state index contributed by atoms with van der Waals surface area (Å²) >= 11 is 0. The fourth-order valence-electron chi connectivity index (χ4n) is 2.51. The average molecular weight is 464 g/mol. The molecule has 0 unspecified atom stereocenters. The Hall–Kier alpha value is -4.05. The van der Waals surface area contributed by atoms with E-state index in [1.165, 1.54) is 7.05 Å². The van der Waals surface area contributed by atoms with Crippen LogP contribution in [-0.4, -0.2) is 40.5 Å². The maximum atomic E-state index is 13.2. The van der Waals surface area contributed by atoms with Crippen LogP contribution in [0.5, 0.6) is 0 Å². The van der Waals surface area contributed by atoms with Crippen molar-refractivity contribution in [2.75, 3.05) is 5.32 Å². The van der Waals surface area contributed by atoms with Crippen LogP contribution in [0.4, 0.5) is 32.3 Å². The average Bonchev–Trinajstić information content (AvgIpc) is 3.07. The summed E-state index contributed by atoms with van der Waals surface area (Å²) in [5.41, 5.74) is -8.54. The van der Waals surface area contributed by atoms with Crippen molar-refractivity contribution in [1.29, 1.82) is 0 Å². The minimum absolute atomic E-state index is 0.0265. The SMILES string of the molecule is Cn1nnnc1NC(=O)c1nn(C)c(=O)n(-c2cc(C(F)(F)F)cc(C(F)(F)F)c2)c1=O. The van der Waals surface area contributed by atoms with Gasteiger partial charge in [0.1, 0.15) is 0 Å². The molecule has 0 aliphatic carbocycles. The van der Waals surface area contributed by atoms with Gasteiger partial charge < -0.3 is 0 Å². The second-order valence-electron chi connectivity index (χ2n) is 6.24. The van der Waals surface area contributed by atoms with Crippen LogP contribution in [-0.2, 0) is 26.4 Å². The molecule has 0 fully saturated rings. The molecule has 3 aromatic rings. The molecular weight excluding hydrogens is 454 g/mol. The van der Waals surface area contributed by atoms with Crippen LogP contribution < -0.4 is 16.6 Å². The maximum Gasteiger partial charge on any atom is 0.416 e. The van der Waals surface area contributed by atoms with Gasteiger partial charge in [0, 0.05) is 14.1 Å². The number of nitrogens with one attached hydrogen (secondary N) is 1. The molecule has 170 valence electrons. The van der Waals surface area contributed by atoms with Crippen molar-refractivity contribution < 1.29 is 31.1 Å². The Bertz CT molecular complexity index is 1290. The molecule has 32 heavy (non-hydrogen) atoms. The number of hydrogen-bond donors (Lipinski definition) is 1. The molecule has 2 aromatic heterocycles. The van der Waals surface area contributed by atoms with E-state index in [0.717, 1.165) is 11.7 Å². The molecule has 17 heteroatoms. The van der Waals surface area contributed by atoms with Gasteiger partial charge in [-0.15, -0.1) is 0 Å². The molecule has 0 aliphatic rings. The minimum Gasteiger partial charge on any atom is -0.288 e. The molecule has 0 saturated carbocycles. The first-order chi connectivity index (χ1) is 14.7. The summed E-state index contributed by atoms with van der Waals surface area (Å²) in [4.78, 5) is 37.5. The van der Waals surface area contributed by atoms with E-state index in [0.29, 0.717) is 4.68 Å². The molecular formula is C15H10F6N8O3. The van der Waals surface area contributed by atoms with E-state index in [1.54, 1.807) is 0 Å². The van der Waals surface area contributed by atoms with Gasteiger partial charge >= 0.3 is 18.0 Å². The second kappa shape index (κ2) is 7.57. The molecule has 1 N–H and O–H groups in total. The van der Waals surface area contributed by atoms with E-state index in [9.17, 15) is 40.7 Å². The lowest BCUT2D eigenvalue weighted by Gasteiger charge is -2.15. The highest BCUT2D eigenvalue weighted by Crippen LogP contribution is 2.36. The van der Waals surface area contributed by atoms with Gasteiger partial charge in [-0.2, -0.15) is 31.4 Å². The molecule has 0 aliphatic heterocycles. The molecule has 0 radical (unpaired) electrons. The predicted molar refractivity (Wildman–Crippen MR) is 91.8 cm³/mol. The third kappa shape index (κ3) is 4.21. The van der Waals surface area contributed by atoms with Gasteiger partial charge in [-0.1, -0.05) is 5.10 Å². The number of aromatic nitrogens is 7. The van der Waals surface area contributed by atoms with Crippen molar-refractivity contribution in [2.45, 2.75) is 12.4 Å². The number of benzene rings is 1. The Morgan fingerprint density at radius 1 is 0.938 bits per heavy atom. The van der Waals surface area contributed by atoms with Gasteiger partial charge in [0.05, 0.1) is 16.8 Å². The Labute approximate surface area is 171 Å². The summed E-state index contributed by atoms with van der Waals surface area (Å²) in [5, 5.41) is 15.6. The van der Waals surface area contributed by atoms with Crippen molar-refractivity contribution in [3.05, 3.63) is 55.9 Å². The molecule has 2 heterocycles. The van der Waals surface area contributed by atoms with Crippen LogP contribution in [0.25, 0.3) is 5.69 Å². The molecule has 1 amide bonds. The molecule has 0 atom stereocenters. The first-order valence-corrected chi connectivity index (χ1v) is 8.24. The van der Waals surface area contributed by atoms with E-state index in [4.69, 9.17) is 0 Å². The van der Waals surface area contributed by atoms with E-state index in [1.807, 2.05) is 0 Å². The summed E-state index contributed by atoms with van der Waals surface area (Å²) in [5.74, 6) is -1.52. The first kappa shape index (κ1) is 22.6. The van der Waals surface area contributed by atoms with Crippen LogP contribution in [0.15, 0.2) is 27.8 Å². The highest BCUT2D eigenvalue weighted by Gasteiger charge is 2.37. The summed E-state index contributed by atoms with van der Waals surface area (Å²) in [7, 11) is 2.26. The van der Waals surface area contributed by atoms with Crippen molar-refractivity contribution in [3.8, 4) is 5.69 Å². The summed E-state index contributed by atoms with van der Waals surface area (Å²) < 4.78 is 80.3. The summed E-state index contributed by atoms with van der Waals surface area (Å²) in [6, 6.07) is 0.174. The number of tetrazole rings is 1. The number of anilines is 1. The zero-order valence-corrected chi connectivity index (χ0v) is 15.9. The molecule has 11 nitrogen and oxygen atoms in total. The summed E-state index contributed by atoms with van der Waals surface area (Å²) in [6.45, 7) is 0. The number of alkyl halides is 6. The third-order valence-corrected chi connectivity index (χ3v) is 4.01. The molecule has 0 bridgehead atoms. The van der Waals surface area contributed by atoms with Gasteiger partial charge in [0.2, 0.25) is 11.6 Å². The van der Waals surface area contributed by atoms with Gasteiger partial charge in [-0.05, 0) is 28.6 Å². The third-order valence-electron chi connectivity index (χ3n) is 4.01. The Kier molecular flexibility index (Phi) is 5.36. The standard InChI is InChI=1S/C15H10F6N8O3/c1-27-12(23-25-26-27)22-10(30)9-11(31)29(13(32)28(2)24-9)8-4-6(14(16,17)18)3-7(5-8)15(19,20)21/h3-5H,1-2H3,(H,22,23,26,30). The van der Waals surface area contributed by atoms with Crippen LogP contribution in [0.3, 0.4) is 0 Å². The zero-order valence-electron chi connectivity index (χ0n) is 15.9. The summed E-state index contributed by atoms with van der Waals surface area (Å²) in [6.07, 6.45) is -10.5. The molecule has 0 saturated heterocycles.